The van der Waals surface area contributed by atoms with Crippen molar-refractivity contribution in [2.75, 3.05) is 16.6 Å². The molecular formula is C31H34N6O8S2. The third-order valence-corrected chi connectivity index (χ3v) is 9.91. The van der Waals surface area contributed by atoms with Crippen LogP contribution in [0.4, 0.5) is 16.2 Å². The molecule has 1 amide bonds. The third-order valence-electron chi connectivity index (χ3n) is 7.19. The number of benzene rings is 2. The molecule has 0 radical (unpaired) electrons. The lowest BCUT2D eigenvalue weighted by Crippen LogP contribution is -2.41. The Morgan fingerprint density at radius 2 is 1.85 bits per heavy atom. The minimum Gasteiger partial charge on any atom is -0.444 e. The Hall–Kier alpha value is -4.80. The van der Waals surface area contributed by atoms with Gasteiger partial charge in [0.15, 0.2) is 5.84 Å². The number of carbonyl (C=O) groups excluding carboxylic acids is 1. The number of aromatic nitrogens is 2. The lowest BCUT2D eigenvalue weighted by atomic mass is 9.93. The molecule has 0 saturated heterocycles. The van der Waals surface area contributed by atoms with E-state index in [9.17, 15) is 31.5 Å². The van der Waals surface area contributed by atoms with Crippen LogP contribution in [0.1, 0.15) is 56.4 Å². The van der Waals surface area contributed by atoms with Crippen molar-refractivity contribution in [1.82, 2.24) is 14.3 Å². The Bertz CT molecular complexity index is 2120. The van der Waals surface area contributed by atoms with E-state index in [1.54, 1.807) is 49.4 Å². The van der Waals surface area contributed by atoms with Gasteiger partial charge in [-0.15, -0.1) is 4.40 Å². The van der Waals surface area contributed by atoms with Gasteiger partial charge in [0.25, 0.3) is 15.6 Å². The van der Waals surface area contributed by atoms with Crippen LogP contribution in [0.5, 0.6) is 0 Å². The molecule has 0 bridgehead atoms. The van der Waals surface area contributed by atoms with Crippen LogP contribution in [0, 0.1) is 5.92 Å². The number of hydrogen-bond donors (Lipinski definition) is 4. The molecular weight excluding hydrogens is 649 g/mol. The summed E-state index contributed by atoms with van der Waals surface area (Å²) >= 11 is 0. The summed E-state index contributed by atoms with van der Waals surface area (Å²) in [4.78, 5) is 32.6. The number of amides is 1. The maximum absolute atomic E-state index is 13.5. The van der Waals surface area contributed by atoms with Gasteiger partial charge in [0.1, 0.15) is 17.1 Å². The maximum Gasteiger partial charge on any atom is 0.425 e. The second-order valence-corrected chi connectivity index (χ2v) is 14.4. The molecule has 0 fully saturated rings. The van der Waals surface area contributed by atoms with Crippen LogP contribution >= 0.6 is 0 Å². The number of nitrogens with one attached hydrogen (secondary N) is 3. The number of aromatic amines is 1. The van der Waals surface area contributed by atoms with Gasteiger partial charge in [-0.2, -0.15) is 21.1 Å². The summed E-state index contributed by atoms with van der Waals surface area (Å²) in [6.45, 7) is 5.14. The van der Waals surface area contributed by atoms with Crippen LogP contribution in [0.2, 0.25) is 0 Å². The molecule has 5 rings (SSSR count). The number of amidine groups is 1. The second kappa shape index (κ2) is 13.5. The summed E-state index contributed by atoms with van der Waals surface area (Å²) in [5.41, 5.74) is 0.0407. The van der Waals surface area contributed by atoms with Gasteiger partial charge < -0.3 is 20.1 Å². The number of ether oxygens (including phenoxy) is 1. The van der Waals surface area contributed by atoms with Crippen LogP contribution in [0.3, 0.4) is 0 Å². The van der Waals surface area contributed by atoms with Crippen molar-refractivity contribution in [3.63, 3.8) is 0 Å². The van der Waals surface area contributed by atoms with Gasteiger partial charge in [-0.05, 0) is 54.7 Å². The molecule has 3 heterocycles. The van der Waals surface area contributed by atoms with Gasteiger partial charge in [0.2, 0.25) is 0 Å². The van der Waals surface area contributed by atoms with Crippen LogP contribution in [-0.4, -0.2) is 54.7 Å². The van der Waals surface area contributed by atoms with Crippen LogP contribution in [0.25, 0.3) is 11.0 Å². The monoisotopic (exact) mass is 682 g/mol. The van der Waals surface area contributed by atoms with E-state index < -0.39 is 38.0 Å². The molecule has 47 heavy (non-hydrogen) atoms. The van der Waals surface area contributed by atoms with E-state index in [4.69, 9.17) is 4.74 Å². The van der Waals surface area contributed by atoms with Crippen molar-refractivity contribution in [3.8, 4) is 0 Å². The Labute approximate surface area is 271 Å². The molecule has 2 aromatic carbocycles. The van der Waals surface area contributed by atoms with Crippen molar-refractivity contribution in [3.05, 3.63) is 93.9 Å². The fraction of sp³-hybridized carbons (Fsp3) is 0.290. The summed E-state index contributed by atoms with van der Waals surface area (Å²) in [5, 5.41) is 14.5. The molecule has 2 aromatic heterocycles. The third kappa shape index (κ3) is 7.29. The summed E-state index contributed by atoms with van der Waals surface area (Å²) in [5.74, 6) is -0.276. The molecule has 14 nitrogen and oxygen atoms in total. The molecule has 16 heteroatoms. The number of anilines is 2. The Morgan fingerprint density at radius 3 is 2.55 bits per heavy atom. The molecule has 4 N–H and O–H groups in total. The Kier molecular flexibility index (Phi) is 9.65. The predicted octanol–water partition coefficient (Wildman–Crippen LogP) is 4.27. The highest BCUT2D eigenvalue weighted by molar-refractivity contribution is 7.91. The van der Waals surface area contributed by atoms with Crippen LogP contribution < -0.4 is 15.6 Å². The molecule has 4 aromatic rings. The minimum atomic E-state index is -4.53. The van der Waals surface area contributed by atoms with Crippen molar-refractivity contribution in [2.24, 2.45) is 10.3 Å². The number of carbonyl (C=O) groups is 1. The summed E-state index contributed by atoms with van der Waals surface area (Å²) < 4.78 is 65.4. The van der Waals surface area contributed by atoms with Gasteiger partial charge in [0, 0.05) is 23.7 Å². The first-order valence-corrected chi connectivity index (χ1v) is 17.6. The molecule has 0 spiro atoms. The topological polar surface area (TPSA) is 200 Å². The average molecular weight is 683 g/mol. The molecule has 1 atom stereocenters. The van der Waals surface area contributed by atoms with E-state index in [0.717, 1.165) is 6.07 Å². The number of pyridine rings is 2. The number of aliphatic hydroxyl groups is 1. The molecule has 0 saturated carbocycles. The first-order chi connectivity index (χ1) is 22.3. The van der Waals surface area contributed by atoms with Gasteiger partial charge in [-0.25, -0.2) is 9.78 Å². The smallest absolute Gasteiger partial charge is 0.425 e. The normalized spacial score (nSPS) is 14.5. The highest BCUT2D eigenvalue weighted by Gasteiger charge is 2.33. The first-order valence-electron chi connectivity index (χ1n) is 14.8. The summed E-state index contributed by atoms with van der Waals surface area (Å²) in [6, 6.07) is 15.7. The number of sulfonamides is 1. The maximum atomic E-state index is 13.5. The Morgan fingerprint density at radius 1 is 1.11 bits per heavy atom. The van der Waals surface area contributed by atoms with Crippen molar-refractivity contribution < 1.29 is 31.5 Å². The molecule has 0 aliphatic carbocycles. The van der Waals surface area contributed by atoms with E-state index >= 15 is 0 Å². The van der Waals surface area contributed by atoms with Crippen LogP contribution in [-0.2, 0) is 31.6 Å². The second-order valence-electron chi connectivity index (χ2n) is 11.3. The Balaban J connectivity index is 1.46. The minimum absolute atomic E-state index is 0.0145. The number of rotatable bonds is 11. The molecule has 248 valence electrons. The largest absolute Gasteiger partial charge is 0.444 e. The molecule has 1 aliphatic heterocycles. The number of H-pyrrole nitrogens is 1. The first kappa shape index (κ1) is 33.6. The van der Waals surface area contributed by atoms with E-state index in [0.29, 0.717) is 21.7 Å². The fourth-order valence-corrected chi connectivity index (χ4v) is 7.49. The zero-order valence-electron chi connectivity index (χ0n) is 25.8. The van der Waals surface area contributed by atoms with E-state index in [1.165, 1.54) is 18.3 Å². The quantitative estimate of drug-likeness (QED) is 0.177. The van der Waals surface area contributed by atoms with Crippen molar-refractivity contribution in [1.29, 1.82) is 0 Å². The number of hydrogen-bond acceptors (Lipinski definition) is 10. The highest BCUT2D eigenvalue weighted by atomic mass is 32.2. The summed E-state index contributed by atoms with van der Waals surface area (Å²) in [6.07, 6.45) is -0.200. The lowest BCUT2D eigenvalue weighted by molar-refractivity contribution is 0.119. The van der Waals surface area contributed by atoms with Gasteiger partial charge in [0.05, 0.1) is 23.0 Å². The predicted molar refractivity (Wildman–Crippen MR) is 177 cm³/mol. The van der Waals surface area contributed by atoms with E-state index in [-0.39, 0.29) is 64.4 Å². The SMILES string of the molecule is CCCN(C(=O)OCc1ccccc1)S(=O)(=O)Nc1ccc2c(c1)S(=O)(=O)N=C(c1c(C(O)CC(C)C)c3cccnc3[nH]c1=O)N2. The summed E-state index contributed by atoms with van der Waals surface area (Å²) in [7, 11) is -9.04. The average Bonchev–Trinajstić information content (AvgIpc) is 3.01. The zero-order valence-corrected chi connectivity index (χ0v) is 27.4. The highest BCUT2D eigenvalue weighted by Crippen LogP contribution is 2.34. The number of nitrogens with zero attached hydrogens (tertiary/aromatic N) is 3. The van der Waals surface area contributed by atoms with Gasteiger partial charge >= 0.3 is 16.3 Å². The van der Waals surface area contributed by atoms with Gasteiger partial charge in [-0.1, -0.05) is 51.1 Å². The molecule has 1 aliphatic rings. The number of fused-ring (bicyclic) bond motifs is 2. The zero-order chi connectivity index (χ0) is 33.9. The van der Waals surface area contributed by atoms with Crippen LogP contribution in [0.15, 0.2) is 80.9 Å². The fourth-order valence-electron chi connectivity index (χ4n) is 5.13. The standard InChI is InChI=1S/C31H34N6O8S2/c1-4-15-37(31(40)45-18-20-9-6-5-7-10-20)47(43,44)35-21-12-13-23-25(17-21)46(41,42)36-29(33-23)27-26(24(38)16-19(2)3)22-11-8-14-32-28(22)34-30(27)39/h5-14,17,19,24,35,38H,4,15-16,18H2,1-3H3,(H,33,36)(H,32,34,39). The number of aliphatic hydroxyl groups excluding tert-OH is 1. The lowest BCUT2D eigenvalue weighted by Gasteiger charge is -2.24. The van der Waals surface area contributed by atoms with Crippen molar-refractivity contribution in [2.45, 2.75) is 51.2 Å². The van der Waals surface area contributed by atoms with E-state index in [2.05, 4.69) is 24.4 Å². The van der Waals surface area contributed by atoms with Crippen molar-refractivity contribution >= 4 is 54.6 Å². The molecule has 1 unspecified atom stereocenters. The van der Waals surface area contributed by atoms with E-state index in [1.807, 2.05) is 13.8 Å². The van der Waals surface area contributed by atoms with Gasteiger partial charge in [-0.3, -0.25) is 9.52 Å².